The first-order chi connectivity index (χ1) is 13.0. The van der Waals surface area contributed by atoms with Crippen molar-refractivity contribution >= 4 is 34.1 Å². The molecule has 8 heteroatoms. The van der Waals surface area contributed by atoms with Crippen LogP contribution in [0.2, 0.25) is 5.02 Å². The van der Waals surface area contributed by atoms with Gasteiger partial charge in [-0.05, 0) is 26.0 Å². The maximum absolute atomic E-state index is 12.4. The van der Waals surface area contributed by atoms with Gasteiger partial charge in [0.1, 0.15) is 10.8 Å². The van der Waals surface area contributed by atoms with Crippen LogP contribution in [0.4, 0.5) is 11.5 Å². The van der Waals surface area contributed by atoms with E-state index in [1.807, 2.05) is 44.3 Å². The lowest BCUT2D eigenvalue weighted by Crippen LogP contribution is -2.47. The van der Waals surface area contributed by atoms with Gasteiger partial charge in [0, 0.05) is 26.2 Å². The van der Waals surface area contributed by atoms with Gasteiger partial charge in [-0.2, -0.15) is 5.10 Å². The maximum atomic E-state index is 12.4. The molecule has 3 heterocycles. The number of halogens is 1. The standard InChI is InChI=1S/C19H21ClN6O/c1-13(2)26-19(27)18(20)16(11-22-26)24-7-9-25(10-8-24)17-12-21-14-5-3-4-6-15(14)23-17/h3-6,11-13H,7-10H2,1-2H3. The van der Waals surface area contributed by atoms with Gasteiger partial charge in [0.05, 0.1) is 35.2 Å². The average molecular weight is 385 g/mol. The molecule has 0 saturated carbocycles. The zero-order valence-electron chi connectivity index (χ0n) is 15.3. The zero-order chi connectivity index (χ0) is 19.0. The molecule has 1 aliphatic heterocycles. The molecule has 0 spiro atoms. The van der Waals surface area contributed by atoms with Crippen LogP contribution in [0, 0.1) is 0 Å². The quantitative estimate of drug-likeness (QED) is 0.691. The van der Waals surface area contributed by atoms with E-state index in [0.717, 1.165) is 43.0 Å². The summed E-state index contributed by atoms with van der Waals surface area (Å²) in [5.74, 6) is 0.868. The van der Waals surface area contributed by atoms with Crippen molar-refractivity contribution in [3.63, 3.8) is 0 Å². The summed E-state index contributed by atoms with van der Waals surface area (Å²) in [6.45, 7) is 6.84. The van der Waals surface area contributed by atoms with Crippen molar-refractivity contribution in [1.29, 1.82) is 0 Å². The van der Waals surface area contributed by atoms with Crippen LogP contribution in [0.1, 0.15) is 19.9 Å². The molecule has 0 aliphatic carbocycles. The first kappa shape index (κ1) is 17.7. The highest BCUT2D eigenvalue weighted by atomic mass is 35.5. The van der Waals surface area contributed by atoms with E-state index in [1.165, 1.54) is 4.68 Å². The zero-order valence-corrected chi connectivity index (χ0v) is 16.1. The molecular formula is C19H21ClN6O. The first-order valence-corrected chi connectivity index (χ1v) is 9.41. The molecule has 1 fully saturated rings. The molecule has 140 valence electrons. The van der Waals surface area contributed by atoms with Gasteiger partial charge in [-0.1, -0.05) is 23.7 Å². The van der Waals surface area contributed by atoms with Crippen molar-refractivity contribution in [2.75, 3.05) is 36.0 Å². The molecule has 2 aromatic heterocycles. The lowest BCUT2D eigenvalue weighted by Gasteiger charge is -2.36. The summed E-state index contributed by atoms with van der Waals surface area (Å²) in [5, 5.41) is 4.50. The van der Waals surface area contributed by atoms with E-state index in [2.05, 4.69) is 19.9 Å². The van der Waals surface area contributed by atoms with Crippen LogP contribution in [0.25, 0.3) is 11.0 Å². The number of rotatable bonds is 3. The predicted molar refractivity (Wildman–Crippen MR) is 108 cm³/mol. The molecule has 1 saturated heterocycles. The van der Waals surface area contributed by atoms with Gasteiger partial charge < -0.3 is 9.80 Å². The highest BCUT2D eigenvalue weighted by Gasteiger charge is 2.22. The lowest BCUT2D eigenvalue weighted by molar-refractivity contribution is 0.501. The second kappa shape index (κ2) is 7.15. The molecule has 0 unspecified atom stereocenters. The van der Waals surface area contributed by atoms with Crippen molar-refractivity contribution in [2.45, 2.75) is 19.9 Å². The Morgan fingerprint density at radius 1 is 1.00 bits per heavy atom. The van der Waals surface area contributed by atoms with Gasteiger partial charge in [0.2, 0.25) is 0 Å². The van der Waals surface area contributed by atoms with E-state index in [1.54, 1.807) is 6.20 Å². The number of benzene rings is 1. The van der Waals surface area contributed by atoms with Gasteiger partial charge in [-0.15, -0.1) is 0 Å². The van der Waals surface area contributed by atoms with Gasteiger partial charge in [0.25, 0.3) is 5.56 Å². The van der Waals surface area contributed by atoms with Crippen LogP contribution in [-0.4, -0.2) is 45.9 Å². The third-order valence-corrected chi connectivity index (χ3v) is 5.15. The van der Waals surface area contributed by atoms with E-state index in [9.17, 15) is 4.79 Å². The largest absolute Gasteiger partial charge is 0.365 e. The van der Waals surface area contributed by atoms with Crippen LogP contribution < -0.4 is 15.4 Å². The number of aromatic nitrogens is 4. The minimum Gasteiger partial charge on any atom is -0.365 e. The van der Waals surface area contributed by atoms with Gasteiger partial charge in [-0.25, -0.2) is 9.67 Å². The molecule has 3 aromatic rings. The Hall–Kier alpha value is -2.67. The van der Waals surface area contributed by atoms with Crippen molar-refractivity contribution in [1.82, 2.24) is 19.7 Å². The average Bonchev–Trinajstić information content (AvgIpc) is 2.69. The summed E-state index contributed by atoms with van der Waals surface area (Å²) >= 11 is 6.34. The molecule has 7 nitrogen and oxygen atoms in total. The monoisotopic (exact) mass is 384 g/mol. The molecule has 0 bridgehead atoms. The highest BCUT2D eigenvalue weighted by Crippen LogP contribution is 2.24. The molecule has 4 rings (SSSR count). The SMILES string of the molecule is CC(C)n1ncc(N2CCN(c3cnc4ccccc4n3)CC2)c(Cl)c1=O. The second-order valence-corrected chi connectivity index (χ2v) is 7.26. The fourth-order valence-corrected chi connectivity index (χ4v) is 3.56. The highest BCUT2D eigenvalue weighted by molar-refractivity contribution is 6.33. The Kier molecular flexibility index (Phi) is 4.70. The molecule has 1 aliphatic rings. The van der Waals surface area contributed by atoms with Gasteiger partial charge in [0.15, 0.2) is 0 Å². The van der Waals surface area contributed by atoms with E-state index >= 15 is 0 Å². The summed E-state index contributed by atoms with van der Waals surface area (Å²) in [4.78, 5) is 25.9. The summed E-state index contributed by atoms with van der Waals surface area (Å²) in [6, 6.07) is 7.83. The summed E-state index contributed by atoms with van der Waals surface area (Å²) in [5.41, 5.74) is 2.24. The van der Waals surface area contributed by atoms with Crippen LogP contribution in [0.15, 0.2) is 41.5 Å². The first-order valence-electron chi connectivity index (χ1n) is 9.03. The number of fused-ring (bicyclic) bond motifs is 1. The number of nitrogens with zero attached hydrogens (tertiary/aromatic N) is 6. The van der Waals surface area contributed by atoms with Crippen LogP contribution in [0.3, 0.4) is 0 Å². The number of hydrogen-bond donors (Lipinski definition) is 0. The summed E-state index contributed by atoms with van der Waals surface area (Å²) < 4.78 is 1.41. The molecule has 0 N–H and O–H groups in total. The van der Waals surface area contributed by atoms with E-state index in [4.69, 9.17) is 16.6 Å². The van der Waals surface area contributed by atoms with E-state index in [0.29, 0.717) is 5.69 Å². The minimum absolute atomic E-state index is 0.0209. The second-order valence-electron chi connectivity index (χ2n) is 6.88. The fraction of sp³-hybridized carbons (Fsp3) is 0.368. The summed E-state index contributed by atoms with van der Waals surface area (Å²) in [6.07, 6.45) is 3.51. The number of piperazine rings is 1. The Balaban J connectivity index is 1.52. The smallest absolute Gasteiger partial charge is 0.287 e. The maximum Gasteiger partial charge on any atom is 0.287 e. The lowest BCUT2D eigenvalue weighted by atomic mass is 10.2. The minimum atomic E-state index is -0.244. The van der Waals surface area contributed by atoms with E-state index in [-0.39, 0.29) is 16.6 Å². The Morgan fingerprint density at radius 2 is 1.67 bits per heavy atom. The molecule has 1 aromatic carbocycles. The van der Waals surface area contributed by atoms with Crippen LogP contribution in [0.5, 0.6) is 0 Å². The molecule has 0 radical (unpaired) electrons. The van der Waals surface area contributed by atoms with Crippen molar-refractivity contribution < 1.29 is 0 Å². The Morgan fingerprint density at radius 3 is 2.37 bits per heavy atom. The van der Waals surface area contributed by atoms with Gasteiger partial charge >= 0.3 is 0 Å². The van der Waals surface area contributed by atoms with Crippen LogP contribution in [-0.2, 0) is 0 Å². The summed E-state index contributed by atoms with van der Waals surface area (Å²) in [7, 11) is 0. The van der Waals surface area contributed by atoms with E-state index < -0.39 is 0 Å². The molecule has 0 atom stereocenters. The van der Waals surface area contributed by atoms with Crippen LogP contribution >= 0.6 is 11.6 Å². The van der Waals surface area contributed by atoms with Crippen molar-refractivity contribution in [3.05, 3.63) is 52.0 Å². The van der Waals surface area contributed by atoms with Gasteiger partial charge in [-0.3, -0.25) is 9.78 Å². The number of para-hydroxylation sites is 2. The Bertz CT molecular complexity index is 1030. The van der Waals surface area contributed by atoms with Crippen molar-refractivity contribution in [2.24, 2.45) is 0 Å². The number of anilines is 2. The normalized spacial score (nSPS) is 15.0. The predicted octanol–water partition coefficient (Wildman–Crippen LogP) is 2.75. The molecular weight excluding hydrogens is 364 g/mol. The molecule has 27 heavy (non-hydrogen) atoms. The third-order valence-electron chi connectivity index (χ3n) is 4.79. The Labute approximate surface area is 162 Å². The third kappa shape index (κ3) is 3.35. The molecule has 0 amide bonds. The topological polar surface area (TPSA) is 67.2 Å². The number of hydrogen-bond acceptors (Lipinski definition) is 6. The fourth-order valence-electron chi connectivity index (χ4n) is 3.30. The van der Waals surface area contributed by atoms with Crippen molar-refractivity contribution in [3.8, 4) is 0 Å².